The second kappa shape index (κ2) is 8.93. The molecule has 0 atom stereocenters. The summed E-state index contributed by atoms with van der Waals surface area (Å²) >= 11 is 1.83. The molecule has 0 spiro atoms. The van der Waals surface area contributed by atoms with Gasteiger partial charge in [-0.1, -0.05) is 56.5 Å². The van der Waals surface area contributed by atoms with Gasteiger partial charge in [-0.3, -0.25) is 0 Å². The Morgan fingerprint density at radius 2 is 1.62 bits per heavy atom. The van der Waals surface area contributed by atoms with Crippen LogP contribution in [-0.4, -0.2) is 16.3 Å². The molecule has 1 aliphatic carbocycles. The second-order valence-electron chi connectivity index (χ2n) is 5.94. The number of rotatable bonds is 4. The maximum Gasteiger partial charge on any atom is 0.335 e. The molecule has 3 heteroatoms. The molecule has 0 saturated heterocycles. The van der Waals surface area contributed by atoms with E-state index in [0.717, 1.165) is 16.0 Å². The van der Waals surface area contributed by atoms with Gasteiger partial charge in [-0.15, -0.1) is 11.8 Å². The molecular formula is C21H26O2S. The fourth-order valence-corrected chi connectivity index (χ4v) is 4.25. The van der Waals surface area contributed by atoms with Gasteiger partial charge in [0.05, 0.1) is 5.56 Å². The number of thioether (sulfide) groups is 1. The molecule has 0 aromatic heterocycles. The van der Waals surface area contributed by atoms with E-state index in [1.54, 1.807) is 6.07 Å². The Labute approximate surface area is 149 Å². The van der Waals surface area contributed by atoms with Gasteiger partial charge in [0, 0.05) is 10.1 Å². The Morgan fingerprint density at radius 3 is 2.21 bits per heavy atom. The normalized spacial score (nSPS) is 14.1. The van der Waals surface area contributed by atoms with Gasteiger partial charge in [0.25, 0.3) is 0 Å². The zero-order valence-electron chi connectivity index (χ0n) is 14.7. The first-order chi connectivity index (χ1) is 11.6. The van der Waals surface area contributed by atoms with Crippen molar-refractivity contribution in [3.8, 4) is 11.1 Å². The molecule has 2 aromatic carbocycles. The topological polar surface area (TPSA) is 37.3 Å². The van der Waals surface area contributed by atoms with Crippen LogP contribution in [0.25, 0.3) is 11.1 Å². The number of carboxylic acids is 1. The molecule has 0 aliphatic heterocycles. The third kappa shape index (κ3) is 4.88. The maximum absolute atomic E-state index is 11.4. The van der Waals surface area contributed by atoms with Crippen LogP contribution in [0.4, 0.5) is 0 Å². The lowest BCUT2D eigenvalue weighted by Crippen LogP contribution is -1.99. The third-order valence-electron chi connectivity index (χ3n) is 4.14. The number of carboxylic acid groups (broad SMARTS) is 1. The SMILES string of the molecule is CC.Cc1ccc(-c2cc(SC3CCCC3)cc(C(=O)O)c2)cc1. The van der Waals surface area contributed by atoms with Gasteiger partial charge in [0.15, 0.2) is 0 Å². The van der Waals surface area contributed by atoms with Crippen LogP contribution in [0, 0.1) is 6.92 Å². The summed E-state index contributed by atoms with van der Waals surface area (Å²) in [4.78, 5) is 12.5. The molecule has 1 saturated carbocycles. The van der Waals surface area contributed by atoms with Crippen molar-refractivity contribution in [2.75, 3.05) is 0 Å². The fraction of sp³-hybridized carbons (Fsp3) is 0.381. The molecule has 0 heterocycles. The summed E-state index contributed by atoms with van der Waals surface area (Å²) in [7, 11) is 0. The van der Waals surface area contributed by atoms with Gasteiger partial charge in [-0.2, -0.15) is 0 Å². The van der Waals surface area contributed by atoms with Crippen molar-refractivity contribution in [3.63, 3.8) is 0 Å². The van der Waals surface area contributed by atoms with Crippen molar-refractivity contribution in [2.24, 2.45) is 0 Å². The molecule has 0 radical (unpaired) electrons. The molecule has 1 aliphatic rings. The maximum atomic E-state index is 11.4. The van der Waals surface area contributed by atoms with Crippen LogP contribution in [0.5, 0.6) is 0 Å². The van der Waals surface area contributed by atoms with Crippen molar-refractivity contribution >= 4 is 17.7 Å². The van der Waals surface area contributed by atoms with Gasteiger partial charge in [0.1, 0.15) is 0 Å². The first kappa shape index (κ1) is 18.6. The highest BCUT2D eigenvalue weighted by atomic mass is 32.2. The van der Waals surface area contributed by atoms with E-state index in [-0.39, 0.29) is 0 Å². The van der Waals surface area contributed by atoms with Crippen molar-refractivity contribution in [1.29, 1.82) is 0 Å². The van der Waals surface area contributed by atoms with Crippen LogP contribution in [0.1, 0.15) is 55.5 Å². The summed E-state index contributed by atoms with van der Waals surface area (Å²) in [6.07, 6.45) is 5.06. The Balaban J connectivity index is 0.00000100. The Bertz CT molecular complexity index is 671. The standard InChI is InChI=1S/C19H20O2S.C2H6/c1-13-6-8-14(9-7-13)15-10-16(19(20)21)12-18(11-15)22-17-4-2-3-5-17;1-2/h6-12,17H,2-5H2,1H3,(H,20,21);1-2H3. The summed E-state index contributed by atoms with van der Waals surface area (Å²) in [6.45, 7) is 6.05. The first-order valence-electron chi connectivity index (χ1n) is 8.74. The highest BCUT2D eigenvalue weighted by molar-refractivity contribution is 8.00. The summed E-state index contributed by atoms with van der Waals surface area (Å²) in [5, 5.41) is 10.0. The van der Waals surface area contributed by atoms with Crippen LogP contribution >= 0.6 is 11.8 Å². The molecule has 128 valence electrons. The molecular weight excluding hydrogens is 316 g/mol. The van der Waals surface area contributed by atoms with E-state index in [0.29, 0.717) is 10.8 Å². The lowest BCUT2D eigenvalue weighted by molar-refractivity contribution is 0.0696. The molecule has 24 heavy (non-hydrogen) atoms. The molecule has 2 nitrogen and oxygen atoms in total. The van der Waals surface area contributed by atoms with E-state index in [1.165, 1.54) is 31.2 Å². The van der Waals surface area contributed by atoms with Crippen molar-refractivity contribution in [3.05, 3.63) is 53.6 Å². The minimum Gasteiger partial charge on any atom is -0.478 e. The van der Waals surface area contributed by atoms with E-state index in [4.69, 9.17) is 0 Å². The van der Waals surface area contributed by atoms with Crippen molar-refractivity contribution < 1.29 is 9.90 Å². The predicted molar refractivity (Wildman–Crippen MR) is 103 cm³/mol. The Kier molecular flexibility index (Phi) is 6.92. The van der Waals surface area contributed by atoms with E-state index in [1.807, 2.05) is 31.7 Å². The third-order valence-corrected chi connectivity index (χ3v) is 5.46. The van der Waals surface area contributed by atoms with E-state index < -0.39 is 5.97 Å². The van der Waals surface area contributed by atoms with Crippen molar-refractivity contribution in [1.82, 2.24) is 0 Å². The number of carbonyl (C=O) groups is 1. The minimum absolute atomic E-state index is 0.374. The number of aryl methyl sites for hydroxylation is 1. The number of aromatic carboxylic acids is 1. The largest absolute Gasteiger partial charge is 0.478 e. The van der Waals surface area contributed by atoms with Crippen LogP contribution in [0.3, 0.4) is 0 Å². The second-order valence-corrected chi connectivity index (χ2v) is 7.32. The highest BCUT2D eigenvalue weighted by Crippen LogP contribution is 2.37. The van der Waals surface area contributed by atoms with Gasteiger partial charge in [-0.05, 0) is 49.1 Å². The van der Waals surface area contributed by atoms with E-state index in [9.17, 15) is 9.90 Å². The summed E-state index contributed by atoms with van der Waals surface area (Å²) in [5.41, 5.74) is 3.64. The zero-order valence-corrected chi connectivity index (χ0v) is 15.5. The van der Waals surface area contributed by atoms with Crippen LogP contribution in [0.2, 0.25) is 0 Å². The molecule has 2 aromatic rings. The lowest BCUT2D eigenvalue weighted by atomic mass is 10.0. The summed E-state index contributed by atoms with van der Waals surface area (Å²) in [5.74, 6) is -0.859. The zero-order chi connectivity index (χ0) is 17.5. The van der Waals surface area contributed by atoms with Gasteiger partial charge < -0.3 is 5.11 Å². The smallest absolute Gasteiger partial charge is 0.335 e. The highest BCUT2D eigenvalue weighted by Gasteiger charge is 2.17. The average molecular weight is 343 g/mol. The molecule has 0 amide bonds. The molecule has 3 rings (SSSR count). The molecule has 1 fully saturated rings. The first-order valence-corrected chi connectivity index (χ1v) is 9.62. The molecule has 0 bridgehead atoms. The fourth-order valence-electron chi connectivity index (χ4n) is 2.90. The predicted octanol–water partition coefficient (Wildman–Crippen LogP) is 6.42. The summed E-state index contributed by atoms with van der Waals surface area (Å²) in [6, 6.07) is 13.9. The average Bonchev–Trinajstić information content (AvgIpc) is 3.10. The Hall–Kier alpha value is -1.74. The number of hydrogen-bond donors (Lipinski definition) is 1. The van der Waals surface area contributed by atoms with Crippen LogP contribution < -0.4 is 0 Å². The van der Waals surface area contributed by atoms with E-state index in [2.05, 4.69) is 37.3 Å². The van der Waals surface area contributed by atoms with Gasteiger partial charge >= 0.3 is 5.97 Å². The molecule has 1 N–H and O–H groups in total. The monoisotopic (exact) mass is 342 g/mol. The van der Waals surface area contributed by atoms with Crippen LogP contribution in [0.15, 0.2) is 47.4 Å². The Morgan fingerprint density at radius 1 is 1.00 bits per heavy atom. The van der Waals surface area contributed by atoms with Crippen molar-refractivity contribution in [2.45, 2.75) is 56.6 Å². The molecule has 0 unspecified atom stereocenters. The number of benzene rings is 2. The summed E-state index contributed by atoms with van der Waals surface area (Å²) < 4.78 is 0. The quantitative estimate of drug-likeness (QED) is 0.696. The minimum atomic E-state index is -0.859. The van der Waals surface area contributed by atoms with Gasteiger partial charge in [-0.25, -0.2) is 4.79 Å². The van der Waals surface area contributed by atoms with E-state index >= 15 is 0 Å². The van der Waals surface area contributed by atoms with Crippen LogP contribution in [-0.2, 0) is 0 Å². The van der Waals surface area contributed by atoms with Gasteiger partial charge in [0.2, 0.25) is 0 Å². The lowest BCUT2D eigenvalue weighted by Gasteiger charge is -2.12. The number of hydrogen-bond acceptors (Lipinski definition) is 2.